The van der Waals surface area contributed by atoms with E-state index in [0.29, 0.717) is 38.1 Å². The van der Waals surface area contributed by atoms with Gasteiger partial charge in [0.05, 0.1) is 18.9 Å². The zero-order valence-electron chi connectivity index (χ0n) is 16.9. The van der Waals surface area contributed by atoms with Crippen LogP contribution in [0.5, 0.6) is 0 Å². The predicted molar refractivity (Wildman–Crippen MR) is 105 cm³/mol. The maximum absolute atomic E-state index is 12.2. The zero-order valence-corrected chi connectivity index (χ0v) is 16.9. The number of piperidine rings is 1. The highest BCUT2D eigenvalue weighted by Crippen LogP contribution is 2.18. The van der Waals surface area contributed by atoms with E-state index in [9.17, 15) is 19.2 Å². The van der Waals surface area contributed by atoms with E-state index in [4.69, 9.17) is 9.47 Å². The third-order valence-corrected chi connectivity index (χ3v) is 4.83. The van der Waals surface area contributed by atoms with E-state index in [1.807, 2.05) is 19.1 Å². The van der Waals surface area contributed by atoms with Gasteiger partial charge in [-0.1, -0.05) is 18.2 Å². The average Bonchev–Trinajstić information content (AvgIpc) is 2.72. The normalized spacial score (nSPS) is 14.2. The summed E-state index contributed by atoms with van der Waals surface area (Å²) in [4.78, 5) is 49.4. The van der Waals surface area contributed by atoms with Crippen LogP contribution in [0.3, 0.4) is 0 Å². The monoisotopic (exact) mass is 404 g/mol. The minimum Gasteiger partial charge on any atom is -0.466 e. The largest absolute Gasteiger partial charge is 0.466 e. The summed E-state index contributed by atoms with van der Waals surface area (Å²) in [6.07, 6.45) is 1.07. The summed E-state index contributed by atoms with van der Waals surface area (Å²) in [5.41, 5.74) is 1.41. The Kier molecular flexibility index (Phi) is 8.64. The van der Waals surface area contributed by atoms with E-state index in [0.717, 1.165) is 5.56 Å². The number of carbonyl (C=O) groups is 4. The molecule has 1 fully saturated rings. The lowest BCUT2D eigenvalue weighted by Gasteiger charge is -2.30. The maximum Gasteiger partial charge on any atom is 0.309 e. The van der Waals surface area contributed by atoms with Crippen LogP contribution < -0.4 is 5.32 Å². The van der Waals surface area contributed by atoms with Gasteiger partial charge in [-0.25, -0.2) is 0 Å². The van der Waals surface area contributed by atoms with Crippen molar-refractivity contribution in [1.82, 2.24) is 10.2 Å². The minimum atomic E-state index is -0.551. The van der Waals surface area contributed by atoms with Gasteiger partial charge in [-0.2, -0.15) is 0 Å². The summed E-state index contributed by atoms with van der Waals surface area (Å²) in [5, 5.41) is 2.67. The Hall–Kier alpha value is -2.90. The number of benzene rings is 1. The molecule has 1 heterocycles. The standard InChI is InChI=1S/C21H28N2O6/c1-3-28-21(27)16-9-12-23(13-10-16)18(24)14-29-19(25)8-11-22-20(26)17-7-5-4-6-15(17)2/h4-7,16H,3,8-14H2,1-2H3,(H,22,26). The van der Waals surface area contributed by atoms with Crippen molar-refractivity contribution >= 4 is 23.8 Å². The van der Waals surface area contributed by atoms with Crippen LogP contribution in [0.2, 0.25) is 0 Å². The highest BCUT2D eigenvalue weighted by molar-refractivity contribution is 5.95. The molecule has 0 atom stereocenters. The number of aryl methyl sites for hydroxylation is 1. The molecule has 2 amide bonds. The molecular formula is C21H28N2O6. The molecule has 0 saturated carbocycles. The van der Waals surface area contributed by atoms with Crippen LogP contribution in [0.15, 0.2) is 24.3 Å². The van der Waals surface area contributed by atoms with Crippen molar-refractivity contribution in [3.05, 3.63) is 35.4 Å². The van der Waals surface area contributed by atoms with Crippen LogP contribution >= 0.6 is 0 Å². The number of rotatable bonds is 8. The van der Waals surface area contributed by atoms with E-state index >= 15 is 0 Å². The molecule has 1 aromatic rings. The Labute approximate surface area is 170 Å². The highest BCUT2D eigenvalue weighted by Gasteiger charge is 2.28. The molecule has 0 spiro atoms. The van der Waals surface area contributed by atoms with E-state index in [2.05, 4.69) is 5.32 Å². The number of esters is 2. The lowest BCUT2D eigenvalue weighted by atomic mass is 9.97. The summed E-state index contributed by atoms with van der Waals surface area (Å²) >= 11 is 0. The lowest BCUT2D eigenvalue weighted by molar-refractivity contribution is -0.154. The van der Waals surface area contributed by atoms with Gasteiger partial charge in [-0.3, -0.25) is 19.2 Å². The Morgan fingerprint density at radius 1 is 1.10 bits per heavy atom. The number of likely N-dealkylation sites (tertiary alicyclic amines) is 1. The van der Waals surface area contributed by atoms with Crippen LogP contribution in [-0.2, 0) is 23.9 Å². The summed E-state index contributed by atoms with van der Waals surface area (Å²) in [7, 11) is 0. The SMILES string of the molecule is CCOC(=O)C1CCN(C(=O)COC(=O)CCNC(=O)c2ccccc2C)CC1. The van der Waals surface area contributed by atoms with Crippen molar-refractivity contribution in [2.45, 2.75) is 33.1 Å². The molecule has 8 nitrogen and oxygen atoms in total. The molecule has 1 aliphatic rings. The quantitative estimate of drug-likeness (QED) is 0.658. The molecule has 1 aliphatic heterocycles. The van der Waals surface area contributed by atoms with Crippen LogP contribution in [0.1, 0.15) is 42.1 Å². The maximum atomic E-state index is 12.2. The number of nitrogens with zero attached hydrogens (tertiary/aromatic N) is 1. The van der Waals surface area contributed by atoms with Crippen molar-refractivity contribution in [3.8, 4) is 0 Å². The first-order chi connectivity index (χ1) is 13.9. The lowest BCUT2D eigenvalue weighted by Crippen LogP contribution is -2.42. The first kappa shape index (κ1) is 22.4. The molecule has 8 heteroatoms. The fourth-order valence-electron chi connectivity index (χ4n) is 3.13. The molecule has 1 N–H and O–H groups in total. The van der Waals surface area contributed by atoms with Gasteiger partial charge in [0.25, 0.3) is 11.8 Å². The Morgan fingerprint density at radius 2 is 1.79 bits per heavy atom. The number of hydrogen-bond donors (Lipinski definition) is 1. The minimum absolute atomic E-state index is 0.0180. The van der Waals surface area contributed by atoms with Crippen molar-refractivity contribution in [3.63, 3.8) is 0 Å². The number of carbonyl (C=O) groups excluding carboxylic acids is 4. The van der Waals surface area contributed by atoms with Gasteiger partial charge in [0.15, 0.2) is 6.61 Å². The van der Waals surface area contributed by atoms with Crippen LogP contribution in [-0.4, -0.2) is 61.5 Å². The molecule has 29 heavy (non-hydrogen) atoms. The van der Waals surface area contributed by atoms with Gasteiger partial charge >= 0.3 is 11.9 Å². The number of ether oxygens (including phenoxy) is 2. The third kappa shape index (κ3) is 6.89. The summed E-state index contributed by atoms with van der Waals surface area (Å²) in [5.74, 6) is -1.50. The number of hydrogen-bond acceptors (Lipinski definition) is 6. The molecule has 0 aliphatic carbocycles. The van der Waals surface area contributed by atoms with Gasteiger partial charge in [0, 0.05) is 25.2 Å². The second-order valence-corrected chi connectivity index (χ2v) is 6.89. The first-order valence-electron chi connectivity index (χ1n) is 9.86. The Bertz CT molecular complexity index is 740. The Morgan fingerprint density at radius 3 is 2.45 bits per heavy atom. The van der Waals surface area contributed by atoms with Crippen molar-refractivity contribution in [2.75, 3.05) is 32.8 Å². The predicted octanol–water partition coefficient (Wildman–Crippen LogP) is 1.46. The van der Waals surface area contributed by atoms with Gasteiger partial charge in [0.2, 0.25) is 0 Å². The van der Waals surface area contributed by atoms with E-state index in [1.54, 1.807) is 24.0 Å². The van der Waals surface area contributed by atoms with Gasteiger partial charge in [0.1, 0.15) is 0 Å². The molecule has 158 valence electrons. The molecule has 0 radical (unpaired) electrons. The molecule has 1 aromatic carbocycles. The molecule has 0 unspecified atom stereocenters. The van der Waals surface area contributed by atoms with Crippen molar-refractivity contribution in [1.29, 1.82) is 0 Å². The molecule has 0 bridgehead atoms. The van der Waals surface area contributed by atoms with Crippen LogP contribution in [0.25, 0.3) is 0 Å². The third-order valence-electron chi connectivity index (χ3n) is 4.83. The fourth-order valence-corrected chi connectivity index (χ4v) is 3.13. The molecule has 1 saturated heterocycles. The zero-order chi connectivity index (χ0) is 21.2. The second kappa shape index (κ2) is 11.2. The molecular weight excluding hydrogens is 376 g/mol. The average molecular weight is 404 g/mol. The van der Waals surface area contributed by atoms with Gasteiger partial charge < -0.3 is 19.7 Å². The van der Waals surface area contributed by atoms with E-state index in [-0.39, 0.29) is 43.3 Å². The van der Waals surface area contributed by atoms with Crippen LogP contribution in [0.4, 0.5) is 0 Å². The molecule has 0 aromatic heterocycles. The van der Waals surface area contributed by atoms with Gasteiger partial charge in [-0.05, 0) is 38.3 Å². The van der Waals surface area contributed by atoms with E-state index in [1.165, 1.54) is 0 Å². The van der Waals surface area contributed by atoms with E-state index < -0.39 is 5.97 Å². The topological polar surface area (TPSA) is 102 Å². The number of nitrogens with one attached hydrogen (secondary N) is 1. The summed E-state index contributed by atoms with van der Waals surface area (Å²) in [6, 6.07) is 7.17. The van der Waals surface area contributed by atoms with Crippen LogP contribution in [0, 0.1) is 12.8 Å². The number of amides is 2. The summed E-state index contributed by atoms with van der Waals surface area (Å²) < 4.78 is 10.0. The van der Waals surface area contributed by atoms with Gasteiger partial charge in [-0.15, -0.1) is 0 Å². The Balaban J connectivity index is 1.64. The fraction of sp³-hybridized carbons (Fsp3) is 0.524. The second-order valence-electron chi connectivity index (χ2n) is 6.89. The molecule has 2 rings (SSSR count). The highest BCUT2D eigenvalue weighted by atomic mass is 16.5. The summed E-state index contributed by atoms with van der Waals surface area (Å²) in [6.45, 7) is 4.61. The van der Waals surface area contributed by atoms with Crippen molar-refractivity contribution in [2.24, 2.45) is 5.92 Å². The smallest absolute Gasteiger partial charge is 0.309 e. The van der Waals surface area contributed by atoms with Crippen molar-refractivity contribution < 1.29 is 28.7 Å². The first-order valence-corrected chi connectivity index (χ1v) is 9.86.